The summed E-state index contributed by atoms with van der Waals surface area (Å²) < 4.78 is 5.22. The molecule has 2 atom stereocenters. The number of ether oxygens (including phenoxy) is 1. The van der Waals surface area contributed by atoms with Gasteiger partial charge in [0.25, 0.3) is 0 Å². The van der Waals surface area contributed by atoms with Crippen molar-refractivity contribution in [2.45, 2.75) is 19.4 Å². The maximum atomic E-state index is 10.4. The molecule has 1 aromatic rings. The SMILES string of the molecule is COc1cc(C)c(Cl)c(C2CC(CN)CN2C)c1O. The van der Waals surface area contributed by atoms with E-state index < -0.39 is 0 Å². The first-order valence-corrected chi connectivity index (χ1v) is 6.83. The van der Waals surface area contributed by atoms with E-state index in [9.17, 15) is 5.11 Å². The fourth-order valence-corrected chi connectivity index (χ4v) is 3.12. The van der Waals surface area contributed by atoms with Crippen molar-refractivity contribution < 1.29 is 9.84 Å². The molecule has 1 heterocycles. The van der Waals surface area contributed by atoms with Gasteiger partial charge in [-0.05, 0) is 44.5 Å². The number of rotatable bonds is 3. The Hall–Kier alpha value is -0.970. The summed E-state index contributed by atoms with van der Waals surface area (Å²) in [6.45, 7) is 3.50. The zero-order chi connectivity index (χ0) is 14.2. The smallest absolute Gasteiger partial charge is 0.164 e. The number of aromatic hydroxyl groups is 1. The van der Waals surface area contributed by atoms with E-state index in [-0.39, 0.29) is 11.8 Å². The summed E-state index contributed by atoms with van der Waals surface area (Å²) in [5.74, 6) is 1.06. The predicted octanol–water partition coefficient (Wildman–Crippen LogP) is 2.31. The zero-order valence-corrected chi connectivity index (χ0v) is 12.4. The zero-order valence-electron chi connectivity index (χ0n) is 11.6. The highest BCUT2D eigenvalue weighted by molar-refractivity contribution is 6.32. The highest BCUT2D eigenvalue weighted by Gasteiger charge is 2.34. The summed E-state index contributed by atoms with van der Waals surface area (Å²) in [5.41, 5.74) is 7.43. The van der Waals surface area contributed by atoms with Crippen LogP contribution in [0.3, 0.4) is 0 Å². The molecular weight excluding hydrogens is 264 g/mol. The second-order valence-corrected chi connectivity index (χ2v) is 5.64. The largest absolute Gasteiger partial charge is 0.504 e. The Morgan fingerprint density at radius 2 is 2.26 bits per heavy atom. The molecule has 4 nitrogen and oxygen atoms in total. The minimum Gasteiger partial charge on any atom is -0.504 e. The molecule has 5 heteroatoms. The van der Waals surface area contributed by atoms with Crippen LogP contribution in [0.5, 0.6) is 11.5 Å². The predicted molar refractivity (Wildman–Crippen MR) is 76.9 cm³/mol. The molecule has 1 aromatic carbocycles. The van der Waals surface area contributed by atoms with E-state index in [2.05, 4.69) is 4.90 Å². The van der Waals surface area contributed by atoms with Crippen molar-refractivity contribution in [2.75, 3.05) is 27.2 Å². The van der Waals surface area contributed by atoms with Crippen LogP contribution in [-0.4, -0.2) is 37.3 Å². The number of benzene rings is 1. The average molecular weight is 285 g/mol. The minimum atomic E-state index is 0.0925. The maximum absolute atomic E-state index is 10.4. The number of nitrogens with zero attached hydrogens (tertiary/aromatic N) is 1. The molecule has 0 amide bonds. The Labute approximate surface area is 119 Å². The standard InChI is InChI=1S/C14H21ClN2O2/c1-8-4-11(19-3)14(18)12(13(8)15)10-5-9(6-16)7-17(10)2/h4,9-10,18H,5-7,16H2,1-3H3. The van der Waals surface area contributed by atoms with Crippen LogP contribution in [0.25, 0.3) is 0 Å². The van der Waals surface area contributed by atoms with E-state index in [1.165, 1.54) is 0 Å². The van der Waals surface area contributed by atoms with Crippen molar-refractivity contribution >= 4 is 11.6 Å². The second kappa shape index (κ2) is 5.57. The van der Waals surface area contributed by atoms with Gasteiger partial charge in [-0.1, -0.05) is 11.6 Å². The summed E-state index contributed by atoms with van der Waals surface area (Å²) in [5, 5.41) is 11.0. The number of phenols is 1. The molecule has 0 saturated carbocycles. The molecule has 3 N–H and O–H groups in total. The summed E-state index contributed by atoms with van der Waals surface area (Å²) in [6, 6.07) is 1.85. The first-order chi connectivity index (χ1) is 8.99. The quantitative estimate of drug-likeness (QED) is 0.894. The molecule has 106 valence electrons. The van der Waals surface area contributed by atoms with Crippen molar-refractivity contribution in [1.82, 2.24) is 4.90 Å². The van der Waals surface area contributed by atoms with Crippen LogP contribution in [-0.2, 0) is 0 Å². The molecule has 0 bridgehead atoms. The lowest BCUT2D eigenvalue weighted by molar-refractivity contribution is 0.300. The molecule has 1 aliphatic heterocycles. The molecular formula is C14H21ClN2O2. The number of halogens is 1. The van der Waals surface area contributed by atoms with E-state index in [0.29, 0.717) is 23.2 Å². The lowest BCUT2D eigenvalue weighted by Crippen LogP contribution is -2.21. The lowest BCUT2D eigenvalue weighted by atomic mass is 9.97. The monoisotopic (exact) mass is 284 g/mol. The first kappa shape index (κ1) is 14.4. The van der Waals surface area contributed by atoms with E-state index in [4.69, 9.17) is 22.1 Å². The highest BCUT2D eigenvalue weighted by Crippen LogP contribution is 2.46. The maximum Gasteiger partial charge on any atom is 0.164 e. The van der Waals surface area contributed by atoms with Crippen LogP contribution in [0, 0.1) is 12.8 Å². The summed E-state index contributed by atoms with van der Waals surface area (Å²) in [7, 11) is 3.58. The van der Waals surface area contributed by atoms with Gasteiger partial charge < -0.3 is 15.6 Å². The molecule has 1 saturated heterocycles. The van der Waals surface area contributed by atoms with Gasteiger partial charge in [-0.2, -0.15) is 0 Å². The molecule has 1 aliphatic rings. The third-order valence-electron chi connectivity index (χ3n) is 3.94. The molecule has 19 heavy (non-hydrogen) atoms. The number of likely N-dealkylation sites (tertiary alicyclic amines) is 1. The topological polar surface area (TPSA) is 58.7 Å². The van der Waals surface area contributed by atoms with E-state index >= 15 is 0 Å². The van der Waals surface area contributed by atoms with Gasteiger partial charge in [-0.3, -0.25) is 4.90 Å². The van der Waals surface area contributed by atoms with Gasteiger partial charge in [0, 0.05) is 18.2 Å². The van der Waals surface area contributed by atoms with Gasteiger partial charge in [0.2, 0.25) is 0 Å². The fraction of sp³-hybridized carbons (Fsp3) is 0.571. The lowest BCUT2D eigenvalue weighted by Gasteiger charge is -2.23. The van der Waals surface area contributed by atoms with Crippen LogP contribution in [0.15, 0.2) is 6.07 Å². The minimum absolute atomic E-state index is 0.0925. The van der Waals surface area contributed by atoms with Crippen LogP contribution >= 0.6 is 11.6 Å². The van der Waals surface area contributed by atoms with Crippen molar-refractivity contribution in [1.29, 1.82) is 0 Å². The second-order valence-electron chi connectivity index (χ2n) is 5.26. The number of aryl methyl sites for hydroxylation is 1. The Balaban J connectivity index is 2.47. The summed E-state index contributed by atoms with van der Waals surface area (Å²) in [4.78, 5) is 2.19. The first-order valence-electron chi connectivity index (χ1n) is 6.45. The van der Waals surface area contributed by atoms with Crippen LogP contribution < -0.4 is 10.5 Å². The third kappa shape index (κ3) is 2.53. The van der Waals surface area contributed by atoms with Crippen molar-refractivity contribution in [3.63, 3.8) is 0 Å². The molecule has 0 aliphatic carbocycles. The fourth-order valence-electron chi connectivity index (χ4n) is 2.85. The molecule has 0 radical (unpaired) electrons. The molecule has 2 unspecified atom stereocenters. The molecule has 2 rings (SSSR count). The summed E-state index contributed by atoms with van der Waals surface area (Å²) in [6.07, 6.45) is 0.910. The van der Waals surface area contributed by atoms with Crippen LogP contribution in [0.2, 0.25) is 5.02 Å². The normalized spacial score (nSPS) is 23.8. The number of hydrogen-bond acceptors (Lipinski definition) is 4. The van der Waals surface area contributed by atoms with Crippen molar-refractivity contribution in [3.8, 4) is 11.5 Å². The van der Waals surface area contributed by atoms with E-state index in [1.807, 2.05) is 14.0 Å². The Morgan fingerprint density at radius 3 is 2.79 bits per heavy atom. The molecule has 1 fully saturated rings. The number of methoxy groups -OCH3 is 1. The Morgan fingerprint density at radius 1 is 1.58 bits per heavy atom. The van der Waals surface area contributed by atoms with Gasteiger partial charge in [0.05, 0.1) is 12.1 Å². The van der Waals surface area contributed by atoms with Crippen molar-refractivity contribution in [3.05, 3.63) is 22.2 Å². The highest BCUT2D eigenvalue weighted by atomic mass is 35.5. The third-order valence-corrected chi connectivity index (χ3v) is 4.44. The van der Waals surface area contributed by atoms with Gasteiger partial charge in [-0.15, -0.1) is 0 Å². The number of hydrogen-bond donors (Lipinski definition) is 2. The Kier molecular flexibility index (Phi) is 4.23. The van der Waals surface area contributed by atoms with Gasteiger partial charge in [0.15, 0.2) is 11.5 Å². The number of phenolic OH excluding ortho intramolecular Hbond substituents is 1. The average Bonchev–Trinajstić information content (AvgIpc) is 2.76. The number of nitrogens with two attached hydrogens (primary N) is 1. The molecule has 0 spiro atoms. The van der Waals surface area contributed by atoms with Crippen molar-refractivity contribution in [2.24, 2.45) is 11.7 Å². The van der Waals surface area contributed by atoms with Gasteiger partial charge in [0.1, 0.15) is 0 Å². The van der Waals surface area contributed by atoms with Crippen LogP contribution in [0.4, 0.5) is 0 Å². The molecule has 0 aromatic heterocycles. The summed E-state index contributed by atoms with van der Waals surface area (Å²) >= 11 is 6.39. The Bertz CT molecular complexity index is 479. The van der Waals surface area contributed by atoms with Gasteiger partial charge >= 0.3 is 0 Å². The van der Waals surface area contributed by atoms with Crippen LogP contribution in [0.1, 0.15) is 23.6 Å². The van der Waals surface area contributed by atoms with Gasteiger partial charge in [-0.25, -0.2) is 0 Å². The van der Waals surface area contributed by atoms with E-state index in [1.54, 1.807) is 13.2 Å². The van der Waals surface area contributed by atoms with E-state index in [0.717, 1.165) is 24.1 Å².